The van der Waals surface area contributed by atoms with Crippen LogP contribution in [-0.2, 0) is 32.8 Å². The first-order valence-corrected chi connectivity index (χ1v) is 14.9. The summed E-state index contributed by atoms with van der Waals surface area (Å²) in [6, 6.07) is 7.99. The molecule has 0 aliphatic heterocycles. The molecule has 40 heavy (non-hydrogen) atoms. The van der Waals surface area contributed by atoms with Gasteiger partial charge in [0.05, 0.1) is 24.5 Å². The Morgan fingerprint density at radius 3 is 2.25 bits per heavy atom. The third-order valence-electron chi connectivity index (χ3n) is 5.87. The highest BCUT2D eigenvalue weighted by Crippen LogP contribution is 2.34. The number of rotatable bonds is 12. The second-order valence-electron chi connectivity index (χ2n) is 9.74. The molecular weight excluding hydrogens is 552 g/mol. The van der Waals surface area contributed by atoms with Crippen LogP contribution in [0.2, 0.25) is 0 Å². The zero-order valence-corrected chi connectivity index (χ0v) is 25.6. The van der Waals surface area contributed by atoms with Gasteiger partial charge in [-0.25, -0.2) is 9.59 Å². The van der Waals surface area contributed by atoms with Crippen molar-refractivity contribution in [2.24, 2.45) is 0 Å². The van der Waals surface area contributed by atoms with Crippen LogP contribution < -0.4 is 10.1 Å². The van der Waals surface area contributed by atoms with Crippen LogP contribution in [0.4, 0.5) is 5.00 Å². The Kier molecular flexibility index (Phi) is 10.7. The zero-order chi connectivity index (χ0) is 29.4. The number of amides is 1. The van der Waals surface area contributed by atoms with E-state index >= 15 is 0 Å². The molecule has 0 spiro atoms. The van der Waals surface area contributed by atoms with E-state index < -0.39 is 11.9 Å². The largest absolute Gasteiger partial charge is 0.486 e. The number of aromatic nitrogens is 3. The van der Waals surface area contributed by atoms with Gasteiger partial charge in [-0.2, -0.15) is 0 Å². The molecule has 0 saturated carbocycles. The topological polar surface area (TPSA) is 122 Å². The summed E-state index contributed by atoms with van der Waals surface area (Å²) in [5.74, 6) is -0.142. The summed E-state index contributed by atoms with van der Waals surface area (Å²) in [4.78, 5) is 38.1. The van der Waals surface area contributed by atoms with Gasteiger partial charge in [-0.3, -0.25) is 4.79 Å². The summed E-state index contributed by atoms with van der Waals surface area (Å²) in [7, 11) is 0. The third-order valence-corrected chi connectivity index (χ3v) is 8.02. The van der Waals surface area contributed by atoms with Crippen molar-refractivity contribution in [3.8, 4) is 5.75 Å². The quantitative estimate of drug-likeness (QED) is 0.212. The van der Waals surface area contributed by atoms with Crippen LogP contribution >= 0.6 is 23.1 Å². The molecule has 0 unspecified atom stereocenters. The number of nitrogens with one attached hydrogen (secondary N) is 1. The summed E-state index contributed by atoms with van der Waals surface area (Å²) >= 11 is 2.21. The Labute approximate surface area is 242 Å². The highest BCUT2D eigenvalue weighted by atomic mass is 32.2. The fourth-order valence-corrected chi connectivity index (χ4v) is 5.71. The number of ether oxygens (including phenoxy) is 3. The maximum atomic E-state index is 12.9. The lowest BCUT2D eigenvalue weighted by Crippen LogP contribution is -2.17. The van der Waals surface area contributed by atoms with Crippen molar-refractivity contribution in [2.75, 3.05) is 24.3 Å². The van der Waals surface area contributed by atoms with Crippen molar-refractivity contribution in [2.45, 2.75) is 72.2 Å². The molecule has 2 heterocycles. The van der Waals surface area contributed by atoms with Crippen LogP contribution in [0.5, 0.6) is 5.75 Å². The van der Waals surface area contributed by atoms with Gasteiger partial charge in [-0.05, 0) is 56.4 Å². The first kappa shape index (κ1) is 31.2. The van der Waals surface area contributed by atoms with E-state index in [4.69, 9.17) is 14.2 Å². The van der Waals surface area contributed by atoms with Crippen LogP contribution in [0.1, 0.15) is 78.5 Å². The fourth-order valence-electron chi connectivity index (χ4n) is 3.78. The zero-order valence-electron chi connectivity index (χ0n) is 24.0. The van der Waals surface area contributed by atoms with Gasteiger partial charge in [0, 0.05) is 6.54 Å². The highest BCUT2D eigenvalue weighted by Gasteiger charge is 2.27. The lowest BCUT2D eigenvalue weighted by atomic mass is 9.87. The Morgan fingerprint density at radius 2 is 1.65 bits per heavy atom. The maximum absolute atomic E-state index is 12.9. The van der Waals surface area contributed by atoms with Crippen LogP contribution in [0, 0.1) is 6.92 Å². The predicted molar refractivity (Wildman–Crippen MR) is 155 cm³/mol. The Morgan fingerprint density at radius 1 is 1.00 bits per heavy atom. The number of thioether (sulfide) groups is 1. The van der Waals surface area contributed by atoms with Crippen molar-refractivity contribution in [3.05, 3.63) is 51.7 Å². The van der Waals surface area contributed by atoms with E-state index in [1.54, 1.807) is 20.8 Å². The first-order chi connectivity index (χ1) is 19.0. The van der Waals surface area contributed by atoms with E-state index in [0.717, 1.165) is 17.1 Å². The van der Waals surface area contributed by atoms with Crippen LogP contribution in [0.15, 0.2) is 29.4 Å². The average molecular weight is 589 g/mol. The lowest BCUT2D eigenvalue weighted by Gasteiger charge is -2.19. The molecule has 1 N–H and O–H groups in total. The van der Waals surface area contributed by atoms with Crippen LogP contribution in [0.3, 0.4) is 0 Å². The monoisotopic (exact) mass is 588 g/mol. The number of benzene rings is 1. The summed E-state index contributed by atoms with van der Waals surface area (Å²) in [5.41, 5.74) is 1.84. The molecule has 0 aliphatic carbocycles. The number of hydrogen-bond donors (Lipinski definition) is 1. The molecule has 0 bridgehead atoms. The Balaban J connectivity index is 1.67. The number of thiophene rings is 1. The number of esters is 2. The van der Waals surface area contributed by atoms with Gasteiger partial charge in [0.25, 0.3) is 0 Å². The molecule has 1 aromatic carbocycles. The van der Waals surface area contributed by atoms with Gasteiger partial charge >= 0.3 is 11.9 Å². The Bertz CT molecular complexity index is 1340. The summed E-state index contributed by atoms with van der Waals surface area (Å²) in [5, 5.41) is 12.1. The van der Waals surface area contributed by atoms with Crippen LogP contribution in [0.25, 0.3) is 0 Å². The molecule has 3 rings (SSSR count). The van der Waals surface area contributed by atoms with Crippen molar-refractivity contribution in [1.29, 1.82) is 0 Å². The average Bonchev–Trinajstić information content (AvgIpc) is 3.45. The van der Waals surface area contributed by atoms with Gasteiger partial charge in [0.1, 0.15) is 22.2 Å². The molecule has 0 atom stereocenters. The molecule has 10 nitrogen and oxygen atoms in total. The minimum absolute atomic E-state index is 0.0151. The van der Waals surface area contributed by atoms with E-state index in [9.17, 15) is 14.4 Å². The molecule has 0 saturated heterocycles. The molecular formula is C28H36N4O6S2. The number of hydrogen-bond acceptors (Lipinski definition) is 10. The van der Waals surface area contributed by atoms with Crippen molar-refractivity contribution < 1.29 is 28.6 Å². The van der Waals surface area contributed by atoms with E-state index in [-0.39, 0.29) is 52.3 Å². The number of nitrogens with zero attached hydrogens (tertiary/aromatic N) is 3. The second kappa shape index (κ2) is 13.8. The van der Waals surface area contributed by atoms with Gasteiger partial charge < -0.3 is 24.1 Å². The Hall–Kier alpha value is -3.38. The minimum Gasteiger partial charge on any atom is -0.486 e. The highest BCUT2D eigenvalue weighted by molar-refractivity contribution is 7.99. The van der Waals surface area contributed by atoms with E-state index in [1.807, 2.05) is 23.6 Å². The van der Waals surface area contributed by atoms with Gasteiger partial charge in [-0.1, -0.05) is 44.7 Å². The van der Waals surface area contributed by atoms with Crippen molar-refractivity contribution in [3.63, 3.8) is 0 Å². The van der Waals surface area contributed by atoms with Gasteiger partial charge in [-0.15, -0.1) is 21.5 Å². The standard InChI is InChI=1S/C28H36N4O6S2/c1-8-32-20(15-38-19-13-11-18(12-14-19)28(5,6)7)30-31-27(32)39-16-21(33)29-24-22(25(34)36-9-2)17(4)23(40-24)26(35)37-10-3/h11-14H,8-10,15-16H2,1-7H3,(H,29,33). The minimum atomic E-state index is -0.613. The number of carbonyl (C=O) groups is 3. The van der Waals surface area contributed by atoms with Gasteiger partial charge in [0.2, 0.25) is 5.91 Å². The molecule has 0 fully saturated rings. The SMILES string of the molecule is CCOC(=O)c1sc(NC(=O)CSc2nnc(COc3ccc(C(C)(C)C)cc3)n2CC)c(C(=O)OCC)c1C. The normalized spacial score (nSPS) is 11.3. The van der Waals surface area contributed by atoms with Crippen molar-refractivity contribution in [1.82, 2.24) is 14.8 Å². The summed E-state index contributed by atoms with van der Waals surface area (Å²) in [6.07, 6.45) is 0. The molecule has 3 aromatic rings. The third kappa shape index (κ3) is 7.63. The summed E-state index contributed by atoms with van der Waals surface area (Å²) < 4.78 is 18.1. The first-order valence-electron chi connectivity index (χ1n) is 13.1. The number of anilines is 1. The maximum Gasteiger partial charge on any atom is 0.348 e. The lowest BCUT2D eigenvalue weighted by molar-refractivity contribution is -0.113. The summed E-state index contributed by atoms with van der Waals surface area (Å²) in [6.45, 7) is 14.6. The molecule has 1 amide bonds. The van der Waals surface area contributed by atoms with E-state index in [1.165, 1.54) is 17.3 Å². The predicted octanol–water partition coefficient (Wildman–Crippen LogP) is 5.63. The van der Waals surface area contributed by atoms with Crippen molar-refractivity contribution >= 4 is 45.9 Å². The molecule has 2 aromatic heterocycles. The van der Waals surface area contributed by atoms with E-state index in [0.29, 0.717) is 23.1 Å². The van der Waals surface area contributed by atoms with E-state index in [2.05, 4.69) is 48.4 Å². The molecule has 0 aliphatic rings. The van der Waals surface area contributed by atoms with Crippen LogP contribution in [-0.4, -0.2) is 51.6 Å². The smallest absolute Gasteiger partial charge is 0.348 e. The molecule has 0 radical (unpaired) electrons. The number of carbonyl (C=O) groups excluding carboxylic acids is 3. The van der Waals surface area contributed by atoms with Gasteiger partial charge in [0.15, 0.2) is 11.0 Å². The second-order valence-corrected chi connectivity index (χ2v) is 11.7. The molecule has 12 heteroatoms. The molecule has 216 valence electrons. The fraction of sp³-hybridized carbons (Fsp3) is 0.464.